The Labute approximate surface area is 165 Å². The molecule has 3 heterocycles. The van der Waals surface area contributed by atoms with Crippen molar-refractivity contribution in [2.24, 2.45) is 17.6 Å². The summed E-state index contributed by atoms with van der Waals surface area (Å²) in [6.45, 7) is 0.491. The van der Waals surface area contributed by atoms with Gasteiger partial charge in [0.05, 0.1) is 11.8 Å². The second kappa shape index (κ2) is 6.89. The van der Waals surface area contributed by atoms with Crippen LogP contribution in [-0.4, -0.2) is 54.8 Å². The molecule has 4 rings (SSSR count). The average molecular weight is 404 g/mol. The molecule has 2 fully saturated rings. The lowest BCUT2D eigenvalue weighted by atomic mass is 9.76. The minimum absolute atomic E-state index is 0.134. The molecule has 1 aromatic carbocycles. The molecule has 0 saturated carbocycles. The van der Waals surface area contributed by atoms with Gasteiger partial charge >= 0.3 is 0 Å². The van der Waals surface area contributed by atoms with Crippen molar-refractivity contribution >= 4 is 29.3 Å². The summed E-state index contributed by atoms with van der Waals surface area (Å²) in [6.07, 6.45) is 0.206. The molecule has 1 aromatic rings. The zero-order valence-corrected chi connectivity index (χ0v) is 15.7. The molecule has 3 aliphatic heterocycles. The number of amides is 4. The van der Waals surface area contributed by atoms with Crippen molar-refractivity contribution < 1.29 is 28.3 Å². The SMILES string of the molecule is COCCCN1C(=O)[C@@H]2[C@H](CC(N)=O)N[C@@]3(C(=O)Nc4ccc(F)cc43)[C@@H]2C1=O. The lowest BCUT2D eigenvalue weighted by molar-refractivity contribution is -0.143. The Morgan fingerprint density at radius 2 is 2.07 bits per heavy atom. The van der Waals surface area contributed by atoms with Crippen LogP contribution in [0.5, 0.6) is 0 Å². The lowest BCUT2D eigenvalue weighted by Gasteiger charge is -2.29. The summed E-state index contributed by atoms with van der Waals surface area (Å²) in [4.78, 5) is 52.1. The third-order valence-electron chi connectivity index (χ3n) is 5.92. The molecule has 0 aliphatic carbocycles. The number of ether oxygens (including phenoxy) is 1. The van der Waals surface area contributed by atoms with E-state index in [0.29, 0.717) is 18.7 Å². The monoisotopic (exact) mass is 404 g/mol. The van der Waals surface area contributed by atoms with Crippen LogP contribution < -0.4 is 16.4 Å². The van der Waals surface area contributed by atoms with Crippen LogP contribution in [0.2, 0.25) is 0 Å². The van der Waals surface area contributed by atoms with E-state index in [-0.39, 0.29) is 18.5 Å². The Bertz CT molecular complexity index is 922. The van der Waals surface area contributed by atoms with Gasteiger partial charge in [0, 0.05) is 44.0 Å². The van der Waals surface area contributed by atoms with Crippen LogP contribution in [0.4, 0.5) is 10.1 Å². The van der Waals surface area contributed by atoms with Gasteiger partial charge in [-0.3, -0.25) is 29.4 Å². The highest BCUT2D eigenvalue weighted by molar-refractivity contribution is 6.15. The van der Waals surface area contributed by atoms with E-state index in [9.17, 15) is 23.6 Å². The zero-order valence-electron chi connectivity index (χ0n) is 15.7. The number of likely N-dealkylation sites (tertiary alicyclic amines) is 1. The summed E-state index contributed by atoms with van der Waals surface area (Å²) in [5.74, 6) is -4.84. The number of nitrogens with two attached hydrogens (primary N) is 1. The van der Waals surface area contributed by atoms with Gasteiger partial charge in [-0.2, -0.15) is 0 Å². The summed E-state index contributed by atoms with van der Waals surface area (Å²) in [5.41, 5.74) is 4.32. The van der Waals surface area contributed by atoms with Gasteiger partial charge in [-0.05, 0) is 24.6 Å². The first-order valence-electron chi connectivity index (χ1n) is 9.33. The molecule has 2 saturated heterocycles. The number of halogens is 1. The topological polar surface area (TPSA) is 131 Å². The summed E-state index contributed by atoms with van der Waals surface area (Å²) >= 11 is 0. The van der Waals surface area contributed by atoms with Crippen molar-refractivity contribution in [3.63, 3.8) is 0 Å². The van der Waals surface area contributed by atoms with E-state index in [1.165, 1.54) is 25.3 Å². The van der Waals surface area contributed by atoms with E-state index in [0.717, 1.165) is 4.90 Å². The van der Waals surface area contributed by atoms with Crippen molar-refractivity contribution in [2.45, 2.75) is 24.4 Å². The van der Waals surface area contributed by atoms with Crippen LogP contribution in [0, 0.1) is 17.7 Å². The first-order valence-corrected chi connectivity index (χ1v) is 9.33. The number of methoxy groups -OCH3 is 1. The zero-order chi connectivity index (χ0) is 20.9. The van der Waals surface area contributed by atoms with Crippen molar-refractivity contribution in [1.29, 1.82) is 0 Å². The maximum absolute atomic E-state index is 14.0. The third-order valence-corrected chi connectivity index (χ3v) is 5.92. The lowest BCUT2D eigenvalue weighted by Crippen LogP contribution is -2.53. The number of rotatable bonds is 6. The molecule has 1 spiro atoms. The van der Waals surface area contributed by atoms with Crippen LogP contribution in [-0.2, 0) is 29.5 Å². The van der Waals surface area contributed by atoms with Gasteiger partial charge in [0.2, 0.25) is 23.6 Å². The maximum atomic E-state index is 14.0. The van der Waals surface area contributed by atoms with Crippen LogP contribution in [0.25, 0.3) is 0 Å². The Morgan fingerprint density at radius 1 is 1.31 bits per heavy atom. The minimum atomic E-state index is -1.63. The second-order valence-corrected chi connectivity index (χ2v) is 7.55. The Hall–Kier alpha value is -2.85. The summed E-state index contributed by atoms with van der Waals surface area (Å²) in [7, 11) is 1.51. The summed E-state index contributed by atoms with van der Waals surface area (Å²) < 4.78 is 19.0. The second-order valence-electron chi connectivity index (χ2n) is 7.55. The van der Waals surface area contributed by atoms with Gasteiger partial charge in [0.1, 0.15) is 11.4 Å². The molecule has 0 unspecified atom stereocenters. The van der Waals surface area contributed by atoms with E-state index in [2.05, 4.69) is 10.6 Å². The minimum Gasteiger partial charge on any atom is -0.385 e. The fourth-order valence-corrected chi connectivity index (χ4v) is 4.81. The molecule has 29 heavy (non-hydrogen) atoms. The Balaban J connectivity index is 1.80. The van der Waals surface area contributed by atoms with Crippen molar-refractivity contribution in [3.8, 4) is 0 Å². The molecule has 0 aromatic heterocycles. The number of fused-ring (bicyclic) bond motifs is 4. The molecule has 154 valence electrons. The predicted molar refractivity (Wildman–Crippen MR) is 97.6 cm³/mol. The normalized spacial score (nSPS) is 30.1. The number of hydrogen-bond acceptors (Lipinski definition) is 6. The van der Waals surface area contributed by atoms with Crippen molar-refractivity contribution in [2.75, 3.05) is 25.6 Å². The quantitative estimate of drug-likeness (QED) is 0.431. The predicted octanol–water partition coefficient (Wildman–Crippen LogP) is -0.542. The molecule has 9 nitrogen and oxygen atoms in total. The molecule has 0 bridgehead atoms. The summed E-state index contributed by atoms with van der Waals surface area (Å²) in [6, 6.07) is 2.97. The number of benzene rings is 1. The highest BCUT2D eigenvalue weighted by Gasteiger charge is 2.70. The molecular weight excluding hydrogens is 383 g/mol. The van der Waals surface area contributed by atoms with Crippen LogP contribution >= 0.6 is 0 Å². The van der Waals surface area contributed by atoms with Gasteiger partial charge in [-0.15, -0.1) is 0 Å². The number of carbonyl (C=O) groups is 4. The standard InChI is InChI=1S/C19H21FN4O5/c1-29-6-2-5-24-16(26)14-12(8-13(21)25)23-19(15(14)17(24)27)10-7-9(20)3-4-11(10)22-18(19)28/h3-4,7,12,14-15,23H,2,5-6,8H2,1H3,(H2,21,25)(H,22,28)/t12-,14+,15-,19+/m0/s1. The Morgan fingerprint density at radius 3 is 2.76 bits per heavy atom. The van der Waals surface area contributed by atoms with Crippen LogP contribution in [0.3, 0.4) is 0 Å². The first kappa shape index (κ1) is 19.5. The van der Waals surface area contributed by atoms with Gasteiger partial charge in [-0.1, -0.05) is 0 Å². The Kier molecular flexibility index (Phi) is 4.62. The maximum Gasteiger partial charge on any atom is 0.250 e. The fourth-order valence-electron chi connectivity index (χ4n) is 4.81. The number of nitrogens with one attached hydrogen (secondary N) is 2. The van der Waals surface area contributed by atoms with E-state index in [1.807, 2.05) is 0 Å². The van der Waals surface area contributed by atoms with Crippen LogP contribution in [0.15, 0.2) is 18.2 Å². The molecule has 10 heteroatoms. The van der Waals surface area contributed by atoms with E-state index in [1.54, 1.807) is 0 Å². The van der Waals surface area contributed by atoms with Gasteiger partial charge < -0.3 is 15.8 Å². The van der Waals surface area contributed by atoms with E-state index in [4.69, 9.17) is 10.5 Å². The van der Waals surface area contributed by atoms with Gasteiger partial charge in [0.25, 0.3) is 0 Å². The number of carbonyl (C=O) groups excluding carboxylic acids is 4. The number of hydrogen-bond donors (Lipinski definition) is 3. The van der Waals surface area contributed by atoms with Crippen LogP contribution in [0.1, 0.15) is 18.4 Å². The first-order chi connectivity index (χ1) is 13.8. The fraction of sp³-hybridized carbons (Fsp3) is 0.474. The smallest absolute Gasteiger partial charge is 0.250 e. The average Bonchev–Trinajstić information content (AvgIpc) is 3.22. The number of anilines is 1. The van der Waals surface area contributed by atoms with Gasteiger partial charge in [-0.25, -0.2) is 4.39 Å². The number of nitrogens with zero attached hydrogens (tertiary/aromatic N) is 1. The molecular formula is C19H21FN4O5. The van der Waals surface area contributed by atoms with Crippen molar-refractivity contribution in [3.05, 3.63) is 29.6 Å². The highest BCUT2D eigenvalue weighted by Crippen LogP contribution is 2.53. The molecule has 4 atom stereocenters. The number of primary amides is 1. The summed E-state index contributed by atoms with van der Waals surface area (Å²) in [5, 5.41) is 5.67. The molecule has 0 radical (unpaired) electrons. The van der Waals surface area contributed by atoms with Gasteiger partial charge in [0.15, 0.2) is 0 Å². The molecule has 4 amide bonds. The van der Waals surface area contributed by atoms with E-state index >= 15 is 0 Å². The molecule has 3 aliphatic rings. The van der Waals surface area contributed by atoms with E-state index < -0.39 is 52.9 Å². The number of imide groups is 1. The molecule has 4 N–H and O–H groups in total. The highest BCUT2D eigenvalue weighted by atomic mass is 19.1. The van der Waals surface area contributed by atoms with Crippen molar-refractivity contribution in [1.82, 2.24) is 10.2 Å². The third kappa shape index (κ3) is 2.74. The largest absolute Gasteiger partial charge is 0.385 e.